The SMILES string of the molecule is CC(C)(N)C[C@@H](C(=O)C(O)c1ccccc1)c1ccc(O)cc1. The Labute approximate surface area is 136 Å². The number of aliphatic hydroxyl groups excluding tert-OH is 1. The molecule has 0 saturated heterocycles. The van der Waals surface area contributed by atoms with E-state index in [0.29, 0.717) is 12.0 Å². The van der Waals surface area contributed by atoms with Crippen LogP contribution in [-0.2, 0) is 4.79 Å². The minimum atomic E-state index is -1.20. The quantitative estimate of drug-likeness (QED) is 0.765. The second-order valence-corrected chi connectivity index (χ2v) is 6.55. The molecule has 0 aliphatic heterocycles. The number of carbonyl (C=O) groups is 1. The monoisotopic (exact) mass is 313 g/mol. The van der Waals surface area contributed by atoms with Crippen molar-refractivity contribution in [3.05, 3.63) is 65.7 Å². The Morgan fingerprint density at radius 2 is 1.61 bits per heavy atom. The van der Waals surface area contributed by atoms with Crippen molar-refractivity contribution in [2.75, 3.05) is 0 Å². The van der Waals surface area contributed by atoms with Gasteiger partial charge in [-0.15, -0.1) is 0 Å². The zero-order chi connectivity index (χ0) is 17.0. The van der Waals surface area contributed by atoms with Gasteiger partial charge in [-0.25, -0.2) is 0 Å². The van der Waals surface area contributed by atoms with Gasteiger partial charge < -0.3 is 15.9 Å². The van der Waals surface area contributed by atoms with Gasteiger partial charge in [-0.1, -0.05) is 42.5 Å². The third-order valence-corrected chi connectivity index (χ3v) is 3.75. The molecule has 4 heteroatoms. The lowest BCUT2D eigenvalue weighted by atomic mass is 9.81. The highest BCUT2D eigenvalue weighted by molar-refractivity contribution is 5.90. The summed E-state index contributed by atoms with van der Waals surface area (Å²) in [5.74, 6) is -0.693. The van der Waals surface area contributed by atoms with Crippen molar-refractivity contribution in [2.24, 2.45) is 5.73 Å². The molecule has 0 heterocycles. The average molecular weight is 313 g/mol. The van der Waals surface area contributed by atoms with Gasteiger partial charge in [-0.05, 0) is 43.5 Å². The fraction of sp³-hybridized carbons (Fsp3) is 0.316. The second-order valence-electron chi connectivity index (χ2n) is 6.55. The largest absolute Gasteiger partial charge is 0.508 e. The van der Waals surface area contributed by atoms with Crippen LogP contribution in [0.4, 0.5) is 0 Å². The van der Waals surface area contributed by atoms with Gasteiger partial charge in [0, 0.05) is 11.5 Å². The zero-order valence-corrected chi connectivity index (χ0v) is 13.4. The zero-order valence-electron chi connectivity index (χ0n) is 13.4. The molecule has 4 N–H and O–H groups in total. The van der Waals surface area contributed by atoms with E-state index in [4.69, 9.17) is 5.73 Å². The lowest BCUT2D eigenvalue weighted by molar-refractivity contribution is -0.129. The van der Waals surface area contributed by atoms with Gasteiger partial charge in [-0.2, -0.15) is 0 Å². The van der Waals surface area contributed by atoms with Gasteiger partial charge in [0.2, 0.25) is 0 Å². The lowest BCUT2D eigenvalue weighted by Gasteiger charge is -2.27. The van der Waals surface area contributed by atoms with E-state index in [0.717, 1.165) is 5.56 Å². The van der Waals surface area contributed by atoms with Crippen LogP contribution in [0.2, 0.25) is 0 Å². The normalized spacial score (nSPS) is 14.3. The van der Waals surface area contributed by atoms with E-state index in [1.54, 1.807) is 36.4 Å². The summed E-state index contributed by atoms with van der Waals surface area (Å²) < 4.78 is 0. The highest BCUT2D eigenvalue weighted by atomic mass is 16.3. The smallest absolute Gasteiger partial charge is 0.173 e. The van der Waals surface area contributed by atoms with E-state index >= 15 is 0 Å². The highest BCUT2D eigenvalue weighted by Crippen LogP contribution is 2.31. The molecule has 0 saturated carbocycles. The van der Waals surface area contributed by atoms with Crippen molar-refractivity contribution < 1.29 is 15.0 Å². The van der Waals surface area contributed by atoms with Crippen molar-refractivity contribution in [3.63, 3.8) is 0 Å². The van der Waals surface area contributed by atoms with E-state index in [2.05, 4.69) is 0 Å². The predicted octanol–water partition coefficient (Wildman–Crippen LogP) is 2.91. The van der Waals surface area contributed by atoms with E-state index < -0.39 is 17.6 Å². The summed E-state index contributed by atoms with van der Waals surface area (Å²) in [6.45, 7) is 3.70. The molecule has 0 aliphatic carbocycles. The molecule has 0 fully saturated rings. The van der Waals surface area contributed by atoms with E-state index in [-0.39, 0.29) is 11.5 Å². The molecule has 0 amide bonds. The Kier molecular flexibility index (Phi) is 5.19. The van der Waals surface area contributed by atoms with Gasteiger partial charge in [-0.3, -0.25) is 4.79 Å². The van der Waals surface area contributed by atoms with Gasteiger partial charge in [0.1, 0.15) is 11.9 Å². The summed E-state index contributed by atoms with van der Waals surface area (Å²) in [5.41, 5.74) is 6.84. The highest BCUT2D eigenvalue weighted by Gasteiger charge is 2.31. The van der Waals surface area contributed by atoms with Crippen molar-refractivity contribution in [1.82, 2.24) is 0 Å². The number of hydrogen-bond acceptors (Lipinski definition) is 4. The molecule has 2 aromatic carbocycles. The number of rotatable bonds is 6. The number of ketones is 1. The van der Waals surface area contributed by atoms with Crippen LogP contribution < -0.4 is 5.73 Å². The van der Waals surface area contributed by atoms with Crippen LogP contribution in [0.5, 0.6) is 5.75 Å². The number of nitrogens with two attached hydrogens (primary N) is 1. The third kappa shape index (κ3) is 4.65. The molecular weight excluding hydrogens is 290 g/mol. The number of phenols is 1. The van der Waals surface area contributed by atoms with Crippen LogP contribution in [-0.4, -0.2) is 21.5 Å². The first kappa shape index (κ1) is 17.2. The molecule has 4 nitrogen and oxygen atoms in total. The molecule has 122 valence electrons. The Morgan fingerprint density at radius 3 is 2.13 bits per heavy atom. The maximum absolute atomic E-state index is 12.8. The Hall–Kier alpha value is -2.17. The molecule has 0 bridgehead atoms. The van der Waals surface area contributed by atoms with Gasteiger partial charge in [0.25, 0.3) is 0 Å². The number of benzene rings is 2. The Bertz CT molecular complexity index is 645. The maximum atomic E-state index is 12.8. The number of aliphatic hydroxyl groups is 1. The molecule has 2 aromatic rings. The fourth-order valence-electron chi connectivity index (χ4n) is 2.61. The Balaban J connectivity index is 2.33. The summed E-state index contributed by atoms with van der Waals surface area (Å²) in [5, 5.41) is 19.9. The van der Waals surface area contributed by atoms with Crippen molar-refractivity contribution >= 4 is 5.78 Å². The first-order valence-corrected chi connectivity index (χ1v) is 7.62. The third-order valence-electron chi connectivity index (χ3n) is 3.75. The van der Waals surface area contributed by atoms with Crippen LogP contribution in [0.25, 0.3) is 0 Å². The molecule has 0 aliphatic rings. The number of phenolic OH excluding ortho intramolecular Hbond substituents is 1. The second kappa shape index (κ2) is 6.94. The molecule has 0 radical (unpaired) electrons. The van der Waals surface area contributed by atoms with Crippen LogP contribution in [0, 0.1) is 0 Å². The Morgan fingerprint density at radius 1 is 1.04 bits per heavy atom. The van der Waals surface area contributed by atoms with E-state index in [1.807, 2.05) is 19.9 Å². The summed E-state index contributed by atoms with van der Waals surface area (Å²) in [7, 11) is 0. The minimum Gasteiger partial charge on any atom is -0.508 e. The molecule has 0 aromatic heterocycles. The standard InChI is InChI=1S/C19H23NO3/c1-19(2,20)12-16(13-8-10-15(21)11-9-13)18(23)17(22)14-6-4-3-5-7-14/h3-11,16-17,21-22H,12,20H2,1-2H3/t16-,17?/m1/s1. The number of aromatic hydroxyl groups is 1. The predicted molar refractivity (Wildman–Crippen MR) is 90.1 cm³/mol. The van der Waals surface area contributed by atoms with Crippen molar-refractivity contribution in [2.45, 2.75) is 37.8 Å². The first-order chi connectivity index (χ1) is 10.8. The number of carbonyl (C=O) groups excluding carboxylic acids is 1. The summed E-state index contributed by atoms with van der Waals surface area (Å²) >= 11 is 0. The van der Waals surface area contributed by atoms with E-state index in [1.165, 1.54) is 12.1 Å². The molecule has 2 rings (SSSR count). The molecule has 0 spiro atoms. The van der Waals surface area contributed by atoms with Gasteiger partial charge in [0.05, 0.1) is 0 Å². The van der Waals surface area contributed by atoms with Crippen LogP contribution in [0.15, 0.2) is 54.6 Å². The van der Waals surface area contributed by atoms with Crippen LogP contribution >= 0.6 is 0 Å². The van der Waals surface area contributed by atoms with Crippen molar-refractivity contribution in [3.8, 4) is 5.75 Å². The molecule has 2 atom stereocenters. The molecule has 1 unspecified atom stereocenters. The number of Topliss-reactive ketones (excluding diaryl/α,β-unsaturated/α-hetero) is 1. The van der Waals surface area contributed by atoms with E-state index in [9.17, 15) is 15.0 Å². The van der Waals surface area contributed by atoms with Gasteiger partial charge in [0.15, 0.2) is 5.78 Å². The van der Waals surface area contributed by atoms with Crippen molar-refractivity contribution in [1.29, 1.82) is 0 Å². The summed E-state index contributed by atoms with van der Waals surface area (Å²) in [6.07, 6.45) is -0.794. The van der Waals surface area contributed by atoms with Crippen LogP contribution in [0.3, 0.4) is 0 Å². The maximum Gasteiger partial charge on any atom is 0.173 e. The summed E-state index contributed by atoms with van der Waals surface area (Å²) in [4.78, 5) is 12.8. The molecule has 23 heavy (non-hydrogen) atoms. The first-order valence-electron chi connectivity index (χ1n) is 7.62. The average Bonchev–Trinajstić information content (AvgIpc) is 2.52. The fourth-order valence-corrected chi connectivity index (χ4v) is 2.61. The summed E-state index contributed by atoms with van der Waals surface area (Å²) in [6, 6.07) is 15.3. The van der Waals surface area contributed by atoms with Crippen LogP contribution in [0.1, 0.15) is 43.4 Å². The topological polar surface area (TPSA) is 83.6 Å². The molecular formula is C19H23NO3. The minimum absolute atomic E-state index is 0.135. The lowest BCUT2D eigenvalue weighted by Crippen LogP contribution is -2.36. The number of hydrogen-bond donors (Lipinski definition) is 3. The van der Waals surface area contributed by atoms with Gasteiger partial charge >= 0.3 is 0 Å².